The molecule has 3 aromatic rings. The van der Waals surface area contributed by atoms with E-state index in [2.05, 4.69) is 31.4 Å². The third-order valence-corrected chi connectivity index (χ3v) is 5.63. The van der Waals surface area contributed by atoms with Crippen LogP contribution in [0.5, 0.6) is 5.75 Å². The predicted octanol–water partition coefficient (Wildman–Crippen LogP) is 5.14. The Kier molecular flexibility index (Phi) is 7.83. The molecule has 0 saturated heterocycles. The lowest BCUT2D eigenvalue weighted by molar-refractivity contribution is -0.123. The molecule has 0 saturated carbocycles. The van der Waals surface area contributed by atoms with E-state index >= 15 is 0 Å². The van der Waals surface area contributed by atoms with Gasteiger partial charge in [0.2, 0.25) is 0 Å². The van der Waals surface area contributed by atoms with E-state index in [9.17, 15) is 4.79 Å². The van der Waals surface area contributed by atoms with Gasteiger partial charge in [0, 0.05) is 15.2 Å². The Morgan fingerprint density at radius 2 is 1.97 bits per heavy atom. The van der Waals surface area contributed by atoms with Crippen LogP contribution in [0.15, 0.2) is 52.1 Å². The van der Waals surface area contributed by atoms with Gasteiger partial charge in [-0.25, -0.2) is 0 Å². The number of benzene rings is 2. The first-order valence-electron chi connectivity index (χ1n) is 8.65. The second-order valence-electron chi connectivity index (χ2n) is 5.78. The third-order valence-electron chi connectivity index (χ3n) is 3.76. The highest BCUT2D eigenvalue weighted by atomic mass is 79.9. The highest BCUT2D eigenvalue weighted by Gasteiger charge is 2.15. The second-order valence-corrected chi connectivity index (χ2v) is 8.77. The van der Waals surface area contributed by atoms with Gasteiger partial charge in [-0.2, -0.15) is 0 Å². The van der Waals surface area contributed by atoms with Crippen molar-refractivity contribution >= 4 is 56.8 Å². The van der Waals surface area contributed by atoms with E-state index in [0.29, 0.717) is 21.6 Å². The summed E-state index contributed by atoms with van der Waals surface area (Å²) in [5.41, 5.74) is 0.919. The van der Waals surface area contributed by atoms with Crippen molar-refractivity contribution in [3.05, 3.63) is 62.8 Å². The van der Waals surface area contributed by atoms with Crippen LogP contribution in [-0.2, 0) is 11.3 Å². The molecule has 1 amide bonds. The summed E-state index contributed by atoms with van der Waals surface area (Å²) in [6.45, 7) is 2.08. The van der Waals surface area contributed by atoms with Gasteiger partial charge in [0.1, 0.15) is 5.75 Å². The first-order valence-corrected chi connectivity index (χ1v) is 11.2. The smallest absolute Gasteiger partial charge is 0.258 e. The molecule has 6 nitrogen and oxygen atoms in total. The first kappa shape index (κ1) is 22.0. The van der Waals surface area contributed by atoms with Crippen LogP contribution < -0.4 is 10.1 Å². The molecule has 152 valence electrons. The molecule has 1 heterocycles. The van der Waals surface area contributed by atoms with Gasteiger partial charge in [0.25, 0.3) is 5.91 Å². The summed E-state index contributed by atoms with van der Waals surface area (Å²) >= 11 is 16.9. The van der Waals surface area contributed by atoms with Crippen LogP contribution in [0.2, 0.25) is 10.0 Å². The minimum absolute atomic E-state index is 0.176. The summed E-state index contributed by atoms with van der Waals surface area (Å²) < 4.78 is 8.37. The van der Waals surface area contributed by atoms with Gasteiger partial charge in [0.15, 0.2) is 17.6 Å². The quantitative estimate of drug-likeness (QED) is 0.420. The molecule has 0 aliphatic rings. The number of thioether (sulfide) groups is 1. The highest BCUT2D eigenvalue weighted by Crippen LogP contribution is 2.27. The fourth-order valence-corrected chi connectivity index (χ4v) is 3.88. The lowest BCUT2D eigenvalue weighted by atomic mass is 10.3. The Morgan fingerprint density at radius 1 is 1.21 bits per heavy atom. The molecule has 2 aromatic carbocycles. The summed E-state index contributed by atoms with van der Waals surface area (Å²) in [5.74, 6) is 1.58. The molecule has 0 atom stereocenters. The van der Waals surface area contributed by atoms with E-state index < -0.39 is 0 Å². The van der Waals surface area contributed by atoms with Crippen molar-refractivity contribution in [2.24, 2.45) is 0 Å². The van der Waals surface area contributed by atoms with E-state index in [1.807, 2.05) is 35.8 Å². The molecule has 3 rings (SSSR count). The fourth-order valence-electron chi connectivity index (χ4n) is 2.45. The lowest BCUT2D eigenvalue weighted by Gasteiger charge is -2.11. The number of ether oxygens (including phenoxy) is 1. The van der Waals surface area contributed by atoms with Crippen LogP contribution in [-0.4, -0.2) is 33.0 Å². The monoisotopic (exact) mass is 514 g/mol. The normalized spacial score (nSPS) is 10.8. The summed E-state index contributed by atoms with van der Waals surface area (Å²) in [6.07, 6.45) is 0. The number of carbonyl (C=O) groups is 1. The number of hydrogen-bond acceptors (Lipinski definition) is 5. The number of nitrogens with zero attached hydrogens (tertiary/aromatic N) is 3. The van der Waals surface area contributed by atoms with Crippen LogP contribution in [0, 0.1) is 0 Å². The Bertz CT molecular complexity index is 998. The zero-order valence-electron chi connectivity index (χ0n) is 15.4. The predicted molar refractivity (Wildman–Crippen MR) is 119 cm³/mol. The van der Waals surface area contributed by atoms with E-state index in [4.69, 9.17) is 27.9 Å². The van der Waals surface area contributed by atoms with Crippen LogP contribution in [0.3, 0.4) is 0 Å². The molecular formula is C19H17BrCl2N4O2S. The number of amides is 1. The summed E-state index contributed by atoms with van der Waals surface area (Å²) in [5, 5.41) is 12.9. The second kappa shape index (κ2) is 10.3. The number of aromatic nitrogens is 3. The van der Waals surface area contributed by atoms with Gasteiger partial charge in [0.05, 0.1) is 11.6 Å². The molecule has 10 heteroatoms. The van der Waals surface area contributed by atoms with Gasteiger partial charge in [-0.05, 0) is 48.2 Å². The Morgan fingerprint density at radius 3 is 2.66 bits per heavy atom. The Hall–Kier alpha value is -1.74. The van der Waals surface area contributed by atoms with E-state index in [1.165, 1.54) is 0 Å². The summed E-state index contributed by atoms with van der Waals surface area (Å²) in [6, 6.07) is 12.6. The zero-order valence-corrected chi connectivity index (χ0v) is 19.3. The van der Waals surface area contributed by atoms with Crippen LogP contribution in [0.4, 0.5) is 0 Å². The Labute approximate surface area is 191 Å². The van der Waals surface area contributed by atoms with Crippen molar-refractivity contribution < 1.29 is 9.53 Å². The lowest BCUT2D eigenvalue weighted by Crippen LogP contribution is -2.29. The largest absolute Gasteiger partial charge is 0.482 e. The zero-order chi connectivity index (χ0) is 20.8. The fraction of sp³-hybridized carbons (Fsp3) is 0.211. The molecule has 1 N–H and O–H groups in total. The molecular weight excluding hydrogens is 499 g/mol. The third kappa shape index (κ3) is 5.88. The molecule has 0 fully saturated rings. The van der Waals surface area contributed by atoms with Crippen molar-refractivity contribution in [2.45, 2.75) is 18.6 Å². The number of hydrogen-bond donors (Lipinski definition) is 1. The van der Waals surface area contributed by atoms with Gasteiger partial charge >= 0.3 is 0 Å². The van der Waals surface area contributed by atoms with Gasteiger partial charge in [-0.1, -0.05) is 57.8 Å². The minimum atomic E-state index is -0.300. The topological polar surface area (TPSA) is 69.0 Å². The standard InChI is InChI=1S/C19H17BrCl2N4O2S/c1-2-29-19-25-24-17(26(19)14-6-3-12(20)4-7-14)10-23-18(27)11-28-16-8-5-13(21)9-15(16)22/h3-9H,2,10-11H2,1H3,(H,23,27). The minimum Gasteiger partial charge on any atom is -0.482 e. The number of carbonyl (C=O) groups excluding carboxylic acids is 1. The molecule has 0 aliphatic heterocycles. The number of rotatable bonds is 8. The van der Waals surface area contributed by atoms with E-state index in [-0.39, 0.29) is 19.1 Å². The summed E-state index contributed by atoms with van der Waals surface area (Å²) in [4.78, 5) is 12.2. The van der Waals surface area contributed by atoms with Crippen LogP contribution >= 0.6 is 50.9 Å². The SMILES string of the molecule is CCSc1nnc(CNC(=O)COc2ccc(Cl)cc2Cl)n1-c1ccc(Br)cc1. The van der Waals surface area contributed by atoms with Gasteiger partial charge in [-0.3, -0.25) is 9.36 Å². The van der Waals surface area contributed by atoms with Crippen molar-refractivity contribution in [1.29, 1.82) is 0 Å². The van der Waals surface area contributed by atoms with Crippen LogP contribution in [0.25, 0.3) is 5.69 Å². The molecule has 29 heavy (non-hydrogen) atoms. The number of halogens is 3. The molecule has 0 bridgehead atoms. The van der Waals surface area contributed by atoms with Gasteiger partial charge < -0.3 is 10.1 Å². The van der Waals surface area contributed by atoms with E-state index in [1.54, 1.807) is 30.0 Å². The number of nitrogens with one attached hydrogen (secondary N) is 1. The molecule has 0 unspecified atom stereocenters. The first-order chi connectivity index (χ1) is 14.0. The van der Waals surface area contributed by atoms with Crippen molar-refractivity contribution in [3.8, 4) is 11.4 Å². The molecule has 0 aliphatic carbocycles. The maximum absolute atomic E-state index is 12.2. The van der Waals surface area contributed by atoms with Crippen molar-refractivity contribution in [1.82, 2.24) is 20.1 Å². The van der Waals surface area contributed by atoms with Crippen molar-refractivity contribution in [3.63, 3.8) is 0 Å². The van der Waals surface area contributed by atoms with Crippen molar-refractivity contribution in [2.75, 3.05) is 12.4 Å². The van der Waals surface area contributed by atoms with Gasteiger partial charge in [-0.15, -0.1) is 10.2 Å². The average molecular weight is 516 g/mol. The average Bonchev–Trinajstić information content (AvgIpc) is 3.09. The maximum atomic E-state index is 12.2. The molecule has 0 radical (unpaired) electrons. The van der Waals surface area contributed by atoms with Crippen LogP contribution in [0.1, 0.15) is 12.7 Å². The van der Waals surface area contributed by atoms with E-state index in [0.717, 1.165) is 21.1 Å². The summed E-state index contributed by atoms with van der Waals surface area (Å²) in [7, 11) is 0. The Balaban J connectivity index is 1.66. The highest BCUT2D eigenvalue weighted by molar-refractivity contribution is 9.10. The molecule has 0 spiro atoms. The maximum Gasteiger partial charge on any atom is 0.258 e. The molecule has 1 aromatic heterocycles.